The lowest BCUT2D eigenvalue weighted by atomic mass is 9.99. The molecule has 1 atom stereocenters. The molecule has 0 aliphatic carbocycles. The van der Waals surface area contributed by atoms with Crippen molar-refractivity contribution in [1.82, 2.24) is 14.1 Å². The minimum Gasteiger partial charge on any atom is -0.379 e. The third-order valence-electron chi connectivity index (χ3n) is 6.91. The maximum absolute atomic E-state index is 13.1. The van der Waals surface area contributed by atoms with Gasteiger partial charge in [0.2, 0.25) is 10.0 Å². The van der Waals surface area contributed by atoms with Crippen molar-refractivity contribution in [1.29, 1.82) is 0 Å². The number of hydrogen-bond acceptors (Lipinski definition) is 5. The SMILES string of the molecule is CCC(C)c1ccc(S(=O)(=O)N2CCN(C(=O)c3cccc(CN4CCOCC4)c3)CC2)cc1. The van der Waals surface area contributed by atoms with Crippen LogP contribution in [-0.2, 0) is 21.3 Å². The van der Waals surface area contributed by atoms with Gasteiger partial charge in [0.1, 0.15) is 0 Å². The van der Waals surface area contributed by atoms with E-state index < -0.39 is 10.0 Å². The highest BCUT2D eigenvalue weighted by Crippen LogP contribution is 2.23. The van der Waals surface area contributed by atoms with Gasteiger partial charge in [-0.3, -0.25) is 9.69 Å². The molecule has 1 unspecified atom stereocenters. The van der Waals surface area contributed by atoms with Gasteiger partial charge in [0.25, 0.3) is 5.91 Å². The predicted octanol–water partition coefficient (Wildman–Crippen LogP) is 3.18. The molecule has 2 aliphatic heterocycles. The molecule has 2 fully saturated rings. The number of amides is 1. The molecule has 0 aromatic heterocycles. The van der Waals surface area contributed by atoms with Crippen LogP contribution in [0.3, 0.4) is 0 Å². The Hall–Kier alpha value is -2.26. The van der Waals surface area contributed by atoms with Crippen LogP contribution in [0.1, 0.15) is 47.7 Å². The number of ether oxygens (including phenoxy) is 1. The van der Waals surface area contributed by atoms with E-state index in [0.717, 1.165) is 50.4 Å². The Morgan fingerprint density at radius 1 is 0.971 bits per heavy atom. The normalized spacial score (nSPS) is 19.2. The van der Waals surface area contributed by atoms with Crippen LogP contribution in [0.2, 0.25) is 0 Å². The van der Waals surface area contributed by atoms with E-state index in [9.17, 15) is 13.2 Å². The molecule has 2 saturated heterocycles. The minimum atomic E-state index is -3.57. The van der Waals surface area contributed by atoms with E-state index in [0.29, 0.717) is 42.6 Å². The number of hydrogen-bond donors (Lipinski definition) is 0. The molecule has 0 saturated carbocycles. The van der Waals surface area contributed by atoms with Gasteiger partial charge in [-0.1, -0.05) is 38.1 Å². The molecule has 2 heterocycles. The summed E-state index contributed by atoms with van der Waals surface area (Å²) in [5.41, 5.74) is 2.91. The number of nitrogens with zero attached hydrogens (tertiary/aromatic N) is 3. The Labute approximate surface area is 203 Å². The van der Waals surface area contributed by atoms with Gasteiger partial charge in [-0.05, 0) is 47.7 Å². The van der Waals surface area contributed by atoms with E-state index in [2.05, 4.69) is 18.7 Å². The summed E-state index contributed by atoms with van der Waals surface area (Å²) in [6.45, 7) is 9.71. The van der Waals surface area contributed by atoms with Crippen molar-refractivity contribution in [3.05, 3.63) is 65.2 Å². The zero-order valence-electron chi connectivity index (χ0n) is 20.2. The van der Waals surface area contributed by atoms with Crippen molar-refractivity contribution in [2.45, 2.75) is 37.6 Å². The van der Waals surface area contributed by atoms with Gasteiger partial charge < -0.3 is 9.64 Å². The van der Waals surface area contributed by atoms with Gasteiger partial charge >= 0.3 is 0 Å². The molecule has 8 heteroatoms. The minimum absolute atomic E-state index is 0.0428. The Kier molecular flexibility index (Phi) is 8.03. The van der Waals surface area contributed by atoms with Gasteiger partial charge in [-0.15, -0.1) is 0 Å². The van der Waals surface area contributed by atoms with Crippen LogP contribution in [0.4, 0.5) is 0 Å². The van der Waals surface area contributed by atoms with E-state index >= 15 is 0 Å². The van der Waals surface area contributed by atoms with Crippen LogP contribution in [0.15, 0.2) is 53.4 Å². The number of carbonyl (C=O) groups is 1. The molecule has 4 rings (SSSR count). The fourth-order valence-corrected chi connectivity index (χ4v) is 5.91. The molecule has 7 nitrogen and oxygen atoms in total. The first-order valence-electron chi connectivity index (χ1n) is 12.2. The second-order valence-corrected chi connectivity index (χ2v) is 11.1. The van der Waals surface area contributed by atoms with Gasteiger partial charge in [0, 0.05) is 51.4 Å². The summed E-state index contributed by atoms with van der Waals surface area (Å²) in [7, 11) is -3.57. The van der Waals surface area contributed by atoms with Crippen molar-refractivity contribution < 1.29 is 17.9 Å². The molecular weight excluding hydrogens is 450 g/mol. The van der Waals surface area contributed by atoms with Gasteiger partial charge in [-0.2, -0.15) is 4.31 Å². The Bertz CT molecular complexity index is 1070. The van der Waals surface area contributed by atoms with Crippen molar-refractivity contribution in [3.63, 3.8) is 0 Å². The molecule has 184 valence electrons. The average molecular weight is 486 g/mol. The summed E-state index contributed by atoms with van der Waals surface area (Å²) in [6.07, 6.45) is 1.01. The summed E-state index contributed by atoms with van der Waals surface area (Å²) < 4.78 is 33.2. The quantitative estimate of drug-likeness (QED) is 0.603. The largest absolute Gasteiger partial charge is 0.379 e. The van der Waals surface area contributed by atoms with E-state index in [4.69, 9.17) is 4.74 Å². The maximum atomic E-state index is 13.1. The lowest BCUT2D eigenvalue weighted by molar-refractivity contribution is 0.0341. The Morgan fingerprint density at radius 2 is 1.65 bits per heavy atom. The fourth-order valence-electron chi connectivity index (χ4n) is 4.49. The average Bonchev–Trinajstić information content (AvgIpc) is 2.88. The standard InChI is InChI=1S/C26H35N3O4S/c1-3-21(2)23-7-9-25(10-8-23)34(31,32)29-13-11-28(12-14-29)26(30)24-6-4-5-22(19-24)20-27-15-17-33-18-16-27/h4-10,19,21H,3,11-18,20H2,1-2H3. The molecule has 2 aromatic carbocycles. The second kappa shape index (κ2) is 11.0. The molecule has 2 aliphatic rings. The number of benzene rings is 2. The zero-order chi connectivity index (χ0) is 24.1. The zero-order valence-corrected chi connectivity index (χ0v) is 21.0. The van der Waals surface area contributed by atoms with Crippen molar-refractivity contribution in [3.8, 4) is 0 Å². The number of sulfonamides is 1. The van der Waals surface area contributed by atoms with Crippen LogP contribution in [0.5, 0.6) is 0 Å². The molecule has 0 radical (unpaired) electrons. The van der Waals surface area contributed by atoms with E-state index in [1.54, 1.807) is 17.0 Å². The molecule has 0 spiro atoms. The molecule has 1 amide bonds. The molecule has 2 aromatic rings. The number of morpholine rings is 1. The highest BCUT2D eigenvalue weighted by molar-refractivity contribution is 7.89. The summed E-state index contributed by atoms with van der Waals surface area (Å²) >= 11 is 0. The molecular formula is C26H35N3O4S. The van der Waals surface area contributed by atoms with E-state index in [1.807, 2.05) is 36.4 Å². The lowest BCUT2D eigenvalue weighted by Crippen LogP contribution is -2.50. The van der Waals surface area contributed by atoms with E-state index in [1.165, 1.54) is 4.31 Å². The summed E-state index contributed by atoms with van der Waals surface area (Å²) in [4.78, 5) is 17.5. The molecule has 0 N–H and O–H groups in total. The summed E-state index contributed by atoms with van der Waals surface area (Å²) in [6, 6.07) is 15.0. The summed E-state index contributed by atoms with van der Waals surface area (Å²) in [5, 5.41) is 0. The number of rotatable bonds is 7. The van der Waals surface area contributed by atoms with Gasteiger partial charge in [0.05, 0.1) is 18.1 Å². The van der Waals surface area contributed by atoms with Crippen LogP contribution in [-0.4, -0.2) is 80.9 Å². The Morgan fingerprint density at radius 3 is 2.29 bits per heavy atom. The summed E-state index contributed by atoms with van der Waals surface area (Å²) in [5.74, 6) is 0.359. The van der Waals surface area contributed by atoms with Crippen LogP contribution in [0.25, 0.3) is 0 Å². The monoisotopic (exact) mass is 485 g/mol. The first-order chi connectivity index (χ1) is 16.4. The Balaban J connectivity index is 1.36. The smallest absolute Gasteiger partial charge is 0.253 e. The third-order valence-corrected chi connectivity index (χ3v) is 8.82. The van der Waals surface area contributed by atoms with Crippen molar-refractivity contribution >= 4 is 15.9 Å². The van der Waals surface area contributed by atoms with Crippen molar-refractivity contribution in [2.75, 3.05) is 52.5 Å². The van der Waals surface area contributed by atoms with Crippen LogP contribution in [0, 0.1) is 0 Å². The highest BCUT2D eigenvalue weighted by atomic mass is 32.2. The fraction of sp³-hybridized carbons (Fsp3) is 0.500. The van der Waals surface area contributed by atoms with Crippen molar-refractivity contribution in [2.24, 2.45) is 0 Å². The van der Waals surface area contributed by atoms with E-state index in [-0.39, 0.29) is 5.91 Å². The first-order valence-corrected chi connectivity index (χ1v) is 13.6. The number of piperazine rings is 1. The molecule has 34 heavy (non-hydrogen) atoms. The van der Waals surface area contributed by atoms with Gasteiger partial charge in [-0.25, -0.2) is 8.42 Å². The van der Waals surface area contributed by atoms with Crippen LogP contribution < -0.4 is 0 Å². The lowest BCUT2D eigenvalue weighted by Gasteiger charge is -2.34. The topological polar surface area (TPSA) is 70.2 Å². The highest BCUT2D eigenvalue weighted by Gasteiger charge is 2.30. The van der Waals surface area contributed by atoms with Crippen LogP contribution >= 0.6 is 0 Å². The number of carbonyl (C=O) groups excluding carboxylic acids is 1. The first kappa shape index (κ1) is 24.9. The van der Waals surface area contributed by atoms with Gasteiger partial charge in [0.15, 0.2) is 0 Å². The molecule has 0 bridgehead atoms. The maximum Gasteiger partial charge on any atom is 0.253 e. The second-order valence-electron chi connectivity index (χ2n) is 9.16. The third kappa shape index (κ3) is 5.68. The predicted molar refractivity (Wildman–Crippen MR) is 132 cm³/mol.